The highest BCUT2D eigenvalue weighted by molar-refractivity contribution is 5.76. The van der Waals surface area contributed by atoms with Crippen molar-refractivity contribution in [3.05, 3.63) is 47.1 Å². The van der Waals surface area contributed by atoms with Crippen LogP contribution in [0.25, 0.3) is 11.3 Å². The van der Waals surface area contributed by atoms with Crippen LogP contribution in [0, 0.1) is 0 Å². The second-order valence-electron chi connectivity index (χ2n) is 5.92. The van der Waals surface area contributed by atoms with Crippen LogP contribution in [0.3, 0.4) is 0 Å². The number of amides is 2. The molecule has 2 heterocycles. The number of carbonyl (C=O) groups is 2. The van der Waals surface area contributed by atoms with Crippen molar-refractivity contribution in [2.75, 3.05) is 32.8 Å². The Bertz CT molecular complexity index is 819. The number of nitrogens with zero attached hydrogens (tertiary/aromatic N) is 3. The zero-order valence-electron chi connectivity index (χ0n) is 14.6. The first-order valence-electron chi connectivity index (χ1n) is 8.53. The number of piperazine rings is 1. The Balaban J connectivity index is 1.60. The lowest BCUT2D eigenvalue weighted by molar-refractivity contribution is -0.133. The van der Waals surface area contributed by atoms with Gasteiger partial charge in [0.05, 0.1) is 12.8 Å². The largest absolute Gasteiger partial charge is 0.450 e. The number of hydrogen-bond acceptors (Lipinski definition) is 5. The van der Waals surface area contributed by atoms with Crippen molar-refractivity contribution in [3.8, 4) is 11.3 Å². The SMILES string of the molecule is CCOC(=O)N1CCN(C(=O)Cn2cc(-c3ccccc3)oc2=O)CC1. The van der Waals surface area contributed by atoms with Crippen LogP contribution < -0.4 is 5.76 Å². The molecule has 2 aromatic rings. The summed E-state index contributed by atoms with van der Waals surface area (Å²) in [7, 11) is 0. The Morgan fingerprint density at radius 3 is 2.38 bits per heavy atom. The third-order valence-electron chi connectivity index (χ3n) is 4.23. The molecule has 1 aliphatic rings. The molecule has 1 saturated heterocycles. The van der Waals surface area contributed by atoms with Crippen molar-refractivity contribution in [3.63, 3.8) is 0 Å². The third-order valence-corrected chi connectivity index (χ3v) is 4.23. The molecule has 3 rings (SSSR count). The Morgan fingerprint density at radius 2 is 1.73 bits per heavy atom. The van der Waals surface area contributed by atoms with Gasteiger partial charge in [0.15, 0.2) is 5.76 Å². The lowest BCUT2D eigenvalue weighted by Gasteiger charge is -2.34. The molecule has 0 unspecified atom stereocenters. The Morgan fingerprint density at radius 1 is 1.08 bits per heavy atom. The maximum Gasteiger partial charge on any atom is 0.419 e. The molecule has 0 spiro atoms. The molecular weight excluding hydrogens is 338 g/mol. The van der Waals surface area contributed by atoms with Gasteiger partial charge in [0.2, 0.25) is 5.91 Å². The fraction of sp³-hybridized carbons (Fsp3) is 0.389. The summed E-state index contributed by atoms with van der Waals surface area (Å²) in [6.07, 6.45) is 1.18. The summed E-state index contributed by atoms with van der Waals surface area (Å²) in [4.78, 5) is 39.4. The van der Waals surface area contributed by atoms with Crippen molar-refractivity contribution in [2.45, 2.75) is 13.5 Å². The first-order valence-corrected chi connectivity index (χ1v) is 8.53. The van der Waals surface area contributed by atoms with Gasteiger partial charge in [-0.3, -0.25) is 9.36 Å². The molecule has 1 fully saturated rings. The quantitative estimate of drug-likeness (QED) is 0.824. The molecule has 0 radical (unpaired) electrons. The van der Waals surface area contributed by atoms with Gasteiger partial charge in [-0.1, -0.05) is 30.3 Å². The molecule has 0 atom stereocenters. The molecule has 8 heteroatoms. The Labute approximate surface area is 150 Å². The molecule has 0 aliphatic carbocycles. The summed E-state index contributed by atoms with van der Waals surface area (Å²) in [6.45, 7) is 3.65. The van der Waals surface area contributed by atoms with Crippen molar-refractivity contribution < 1.29 is 18.7 Å². The smallest absolute Gasteiger partial charge is 0.419 e. The van der Waals surface area contributed by atoms with Crippen LogP contribution in [-0.2, 0) is 16.1 Å². The fourth-order valence-electron chi connectivity index (χ4n) is 2.82. The van der Waals surface area contributed by atoms with E-state index < -0.39 is 5.76 Å². The second-order valence-corrected chi connectivity index (χ2v) is 5.92. The lowest BCUT2D eigenvalue weighted by Crippen LogP contribution is -2.51. The van der Waals surface area contributed by atoms with Crippen molar-refractivity contribution in [2.24, 2.45) is 0 Å². The number of benzene rings is 1. The van der Waals surface area contributed by atoms with E-state index >= 15 is 0 Å². The van der Waals surface area contributed by atoms with Crippen LogP contribution in [0.15, 0.2) is 45.7 Å². The molecule has 1 aromatic heterocycles. The van der Waals surface area contributed by atoms with Gasteiger partial charge >= 0.3 is 11.8 Å². The summed E-state index contributed by atoms with van der Waals surface area (Å²) in [5.41, 5.74) is 0.777. The summed E-state index contributed by atoms with van der Waals surface area (Å²) >= 11 is 0. The molecule has 0 N–H and O–H groups in total. The fourth-order valence-corrected chi connectivity index (χ4v) is 2.82. The first kappa shape index (κ1) is 17.8. The van der Waals surface area contributed by atoms with Crippen LogP contribution in [0.2, 0.25) is 0 Å². The zero-order valence-corrected chi connectivity index (χ0v) is 14.6. The number of rotatable bonds is 4. The van der Waals surface area contributed by atoms with Gasteiger partial charge in [-0.25, -0.2) is 9.59 Å². The van der Waals surface area contributed by atoms with Crippen molar-refractivity contribution in [1.82, 2.24) is 14.4 Å². The molecule has 0 bridgehead atoms. The second kappa shape index (κ2) is 7.90. The van der Waals surface area contributed by atoms with Crippen LogP contribution in [-0.4, -0.2) is 59.2 Å². The normalized spacial score (nSPS) is 14.3. The van der Waals surface area contributed by atoms with Gasteiger partial charge in [-0.15, -0.1) is 0 Å². The molecule has 1 aromatic carbocycles. The Kier molecular flexibility index (Phi) is 5.40. The van der Waals surface area contributed by atoms with E-state index in [-0.39, 0.29) is 18.5 Å². The number of hydrogen-bond donors (Lipinski definition) is 0. The number of ether oxygens (including phenoxy) is 1. The van der Waals surface area contributed by atoms with Crippen molar-refractivity contribution >= 4 is 12.0 Å². The average Bonchev–Trinajstić information content (AvgIpc) is 3.03. The van der Waals surface area contributed by atoms with E-state index in [4.69, 9.17) is 9.15 Å². The molecule has 0 saturated carbocycles. The first-order chi connectivity index (χ1) is 12.6. The van der Waals surface area contributed by atoms with Crippen LogP contribution in [0.5, 0.6) is 0 Å². The van der Waals surface area contributed by atoms with E-state index in [1.807, 2.05) is 30.3 Å². The summed E-state index contributed by atoms with van der Waals surface area (Å²) in [5, 5.41) is 0. The molecular formula is C18H21N3O5. The predicted molar refractivity (Wildman–Crippen MR) is 93.6 cm³/mol. The average molecular weight is 359 g/mol. The molecule has 26 heavy (non-hydrogen) atoms. The minimum atomic E-state index is -0.567. The number of carbonyl (C=O) groups excluding carboxylic acids is 2. The monoisotopic (exact) mass is 359 g/mol. The highest BCUT2D eigenvalue weighted by atomic mass is 16.6. The van der Waals surface area contributed by atoms with Gasteiger partial charge in [-0.05, 0) is 6.92 Å². The van der Waals surface area contributed by atoms with Crippen LogP contribution >= 0.6 is 0 Å². The van der Waals surface area contributed by atoms with E-state index in [0.717, 1.165) is 5.56 Å². The number of aromatic nitrogens is 1. The zero-order chi connectivity index (χ0) is 18.5. The van der Waals surface area contributed by atoms with Gasteiger partial charge in [-0.2, -0.15) is 0 Å². The van der Waals surface area contributed by atoms with E-state index in [2.05, 4.69) is 0 Å². The third kappa shape index (κ3) is 3.96. The van der Waals surface area contributed by atoms with E-state index in [1.54, 1.807) is 22.9 Å². The van der Waals surface area contributed by atoms with Gasteiger partial charge in [0.1, 0.15) is 6.54 Å². The van der Waals surface area contributed by atoms with Gasteiger partial charge in [0, 0.05) is 31.7 Å². The maximum absolute atomic E-state index is 12.5. The van der Waals surface area contributed by atoms with E-state index in [1.165, 1.54) is 4.57 Å². The molecule has 2 amide bonds. The standard InChI is InChI=1S/C18H21N3O5/c1-2-25-17(23)20-10-8-19(9-11-20)16(22)13-21-12-15(26-18(21)24)14-6-4-3-5-7-14/h3-7,12H,2,8-11,13H2,1H3. The summed E-state index contributed by atoms with van der Waals surface area (Å²) in [5.74, 6) is -0.325. The highest BCUT2D eigenvalue weighted by Gasteiger charge is 2.25. The predicted octanol–water partition coefficient (Wildman–Crippen LogP) is 1.41. The lowest BCUT2D eigenvalue weighted by atomic mass is 10.2. The number of oxazole rings is 1. The molecule has 8 nitrogen and oxygen atoms in total. The highest BCUT2D eigenvalue weighted by Crippen LogP contribution is 2.17. The minimum absolute atomic E-state index is 0.0887. The molecule has 138 valence electrons. The maximum atomic E-state index is 12.5. The van der Waals surface area contributed by atoms with Gasteiger partial charge in [0.25, 0.3) is 0 Å². The van der Waals surface area contributed by atoms with Crippen LogP contribution in [0.4, 0.5) is 4.79 Å². The summed E-state index contributed by atoms with van der Waals surface area (Å²) < 4.78 is 11.5. The van der Waals surface area contributed by atoms with Gasteiger partial charge < -0.3 is 19.0 Å². The minimum Gasteiger partial charge on any atom is -0.450 e. The van der Waals surface area contributed by atoms with E-state index in [0.29, 0.717) is 38.5 Å². The summed E-state index contributed by atoms with van der Waals surface area (Å²) in [6, 6.07) is 9.23. The van der Waals surface area contributed by atoms with E-state index in [9.17, 15) is 14.4 Å². The van der Waals surface area contributed by atoms with Crippen molar-refractivity contribution in [1.29, 1.82) is 0 Å². The van der Waals surface area contributed by atoms with Crippen LogP contribution in [0.1, 0.15) is 6.92 Å². The topological polar surface area (TPSA) is 85.0 Å². The molecule has 1 aliphatic heterocycles. The Hall–Kier alpha value is -3.03.